The van der Waals surface area contributed by atoms with Gasteiger partial charge in [-0.15, -0.1) is 11.3 Å². The zero-order valence-corrected chi connectivity index (χ0v) is 15.2. The molecule has 0 unspecified atom stereocenters. The first kappa shape index (κ1) is 18.8. The van der Waals surface area contributed by atoms with Gasteiger partial charge >= 0.3 is 0 Å². The number of ether oxygens (including phenoxy) is 2. The fourth-order valence-electron chi connectivity index (χ4n) is 2.07. The Bertz CT molecular complexity index is 671. The lowest BCUT2D eigenvalue weighted by Gasteiger charge is -2.17. The Morgan fingerprint density at radius 1 is 1.16 bits per heavy atom. The molecular weight excluding hydrogens is 340 g/mol. The van der Waals surface area contributed by atoms with Gasteiger partial charge in [0.05, 0.1) is 18.5 Å². The number of hydrogen-bond donors (Lipinski definition) is 1. The van der Waals surface area contributed by atoms with Gasteiger partial charge < -0.3 is 19.7 Å². The van der Waals surface area contributed by atoms with Crippen LogP contribution in [0, 0.1) is 0 Å². The lowest BCUT2D eigenvalue weighted by molar-refractivity contribution is -0.130. The predicted molar refractivity (Wildman–Crippen MR) is 97.4 cm³/mol. The Morgan fingerprint density at radius 3 is 2.52 bits per heavy atom. The molecule has 0 radical (unpaired) electrons. The normalized spacial score (nSPS) is 10.2. The van der Waals surface area contributed by atoms with E-state index in [1.807, 2.05) is 35.7 Å². The molecule has 0 atom stereocenters. The molecule has 2 rings (SSSR count). The molecule has 6 nitrogen and oxygen atoms in total. The zero-order valence-electron chi connectivity index (χ0n) is 14.4. The minimum atomic E-state index is -0.145. The molecule has 0 aliphatic rings. The van der Waals surface area contributed by atoms with Crippen molar-refractivity contribution in [1.29, 1.82) is 0 Å². The number of methoxy groups -OCH3 is 1. The van der Waals surface area contributed by atoms with Crippen LogP contribution >= 0.6 is 11.3 Å². The molecule has 0 saturated carbocycles. The molecule has 134 valence electrons. The van der Waals surface area contributed by atoms with Crippen molar-refractivity contribution < 1.29 is 19.1 Å². The topological polar surface area (TPSA) is 67.9 Å². The van der Waals surface area contributed by atoms with Crippen molar-refractivity contribution in [3.8, 4) is 11.5 Å². The SMILES string of the molecule is COc1ccc(OCCN(C)C(=O)CCNC(=O)c2cccs2)cc1. The molecule has 0 aliphatic carbocycles. The van der Waals surface area contributed by atoms with E-state index in [-0.39, 0.29) is 18.2 Å². The highest BCUT2D eigenvalue weighted by Crippen LogP contribution is 2.16. The Morgan fingerprint density at radius 2 is 1.88 bits per heavy atom. The fraction of sp³-hybridized carbons (Fsp3) is 0.333. The van der Waals surface area contributed by atoms with Crippen molar-refractivity contribution in [3.05, 3.63) is 46.7 Å². The average Bonchev–Trinajstić information content (AvgIpc) is 3.16. The lowest BCUT2D eigenvalue weighted by atomic mass is 10.3. The number of carbonyl (C=O) groups is 2. The first-order valence-corrected chi connectivity index (χ1v) is 8.80. The summed E-state index contributed by atoms with van der Waals surface area (Å²) >= 11 is 1.38. The number of benzene rings is 1. The van der Waals surface area contributed by atoms with Crippen LogP contribution in [0.15, 0.2) is 41.8 Å². The summed E-state index contributed by atoms with van der Waals surface area (Å²) in [6.45, 7) is 1.19. The second kappa shape index (κ2) is 9.68. The molecule has 25 heavy (non-hydrogen) atoms. The zero-order chi connectivity index (χ0) is 18.1. The number of rotatable bonds is 9. The monoisotopic (exact) mass is 362 g/mol. The molecular formula is C18H22N2O4S. The van der Waals surface area contributed by atoms with Crippen LogP contribution < -0.4 is 14.8 Å². The van der Waals surface area contributed by atoms with E-state index >= 15 is 0 Å². The van der Waals surface area contributed by atoms with Gasteiger partial charge in [0.25, 0.3) is 5.91 Å². The first-order chi connectivity index (χ1) is 12.1. The van der Waals surface area contributed by atoms with E-state index in [4.69, 9.17) is 9.47 Å². The molecule has 0 fully saturated rings. The van der Waals surface area contributed by atoms with Crippen LogP contribution in [0.2, 0.25) is 0 Å². The number of carbonyl (C=O) groups excluding carboxylic acids is 2. The van der Waals surface area contributed by atoms with Gasteiger partial charge in [0, 0.05) is 20.0 Å². The van der Waals surface area contributed by atoms with Crippen LogP contribution in [0.3, 0.4) is 0 Å². The van der Waals surface area contributed by atoms with Gasteiger partial charge in [0.2, 0.25) is 5.91 Å². The summed E-state index contributed by atoms with van der Waals surface area (Å²) in [5.74, 6) is 1.31. The van der Waals surface area contributed by atoms with E-state index in [0.29, 0.717) is 24.6 Å². The summed E-state index contributed by atoms with van der Waals surface area (Å²) in [5.41, 5.74) is 0. The van der Waals surface area contributed by atoms with Crippen LogP contribution in [0.1, 0.15) is 16.1 Å². The molecule has 1 heterocycles. The third-order valence-electron chi connectivity index (χ3n) is 3.55. The minimum Gasteiger partial charge on any atom is -0.497 e. The third-order valence-corrected chi connectivity index (χ3v) is 4.42. The van der Waals surface area contributed by atoms with Gasteiger partial charge in [-0.05, 0) is 35.7 Å². The second-order valence-electron chi connectivity index (χ2n) is 5.32. The molecule has 0 saturated heterocycles. The number of nitrogens with zero attached hydrogens (tertiary/aromatic N) is 1. The van der Waals surface area contributed by atoms with Crippen molar-refractivity contribution in [2.75, 3.05) is 33.9 Å². The quantitative estimate of drug-likeness (QED) is 0.744. The van der Waals surface area contributed by atoms with Crippen molar-refractivity contribution >= 4 is 23.2 Å². The van der Waals surface area contributed by atoms with Crippen LogP contribution in [-0.4, -0.2) is 50.6 Å². The molecule has 0 aliphatic heterocycles. The smallest absolute Gasteiger partial charge is 0.261 e. The summed E-state index contributed by atoms with van der Waals surface area (Å²) in [6.07, 6.45) is 0.260. The maximum Gasteiger partial charge on any atom is 0.261 e. The fourth-order valence-corrected chi connectivity index (χ4v) is 2.71. The Labute approximate surface area is 151 Å². The number of hydrogen-bond acceptors (Lipinski definition) is 5. The summed E-state index contributed by atoms with van der Waals surface area (Å²) in [7, 11) is 3.33. The van der Waals surface area contributed by atoms with Gasteiger partial charge in [-0.3, -0.25) is 9.59 Å². The molecule has 1 N–H and O–H groups in total. The molecule has 2 aromatic rings. The van der Waals surface area contributed by atoms with E-state index < -0.39 is 0 Å². The predicted octanol–water partition coefficient (Wildman–Crippen LogP) is 2.41. The number of nitrogens with one attached hydrogen (secondary N) is 1. The van der Waals surface area contributed by atoms with Crippen LogP contribution in [-0.2, 0) is 4.79 Å². The van der Waals surface area contributed by atoms with Crippen LogP contribution in [0.25, 0.3) is 0 Å². The minimum absolute atomic E-state index is 0.0372. The highest BCUT2D eigenvalue weighted by atomic mass is 32.1. The van der Waals surface area contributed by atoms with E-state index in [0.717, 1.165) is 11.5 Å². The van der Waals surface area contributed by atoms with Gasteiger partial charge in [-0.2, -0.15) is 0 Å². The summed E-state index contributed by atoms with van der Waals surface area (Å²) in [4.78, 5) is 26.1. The van der Waals surface area contributed by atoms with Crippen molar-refractivity contribution in [3.63, 3.8) is 0 Å². The highest BCUT2D eigenvalue weighted by molar-refractivity contribution is 7.12. The van der Waals surface area contributed by atoms with Crippen LogP contribution in [0.4, 0.5) is 0 Å². The molecule has 2 amide bonds. The van der Waals surface area contributed by atoms with Gasteiger partial charge in [-0.25, -0.2) is 0 Å². The second-order valence-corrected chi connectivity index (χ2v) is 6.27. The van der Waals surface area contributed by atoms with Gasteiger partial charge in [0.15, 0.2) is 0 Å². The molecule has 0 spiro atoms. The van der Waals surface area contributed by atoms with E-state index in [9.17, 15) is 9.59 Å². The van der Waals surface area contributed by atoms with Crippen molar-refractivity contribution in [1.82, 2.24) is 10.2 Å². The van der Waals surface area contributed by atoms with Crippen molar-refractivity contribution in [2.45, 2.75) is 6.42 Å². The Kier molecular flexibility index (Phi) is 7.28. The van der Waals surface area contributed by atoms with Gasteiger partial charge in [-0.1, -0.05) is 6.07 Å². The average molecular weight is 362 g/mol. The van der Waals surface area contributed by atoms with Gasteiger partial charge in [0.1, 0.15) is 18.1 Å². The van der Waals surface area contributed by atoms with E-state index in [2.05, 4.69) is 5.32 Å². The number of likely N-dealkylation sites (N-methyl/N-ethyl adjacent to an activating group) is 1. The number of amides is 2. The van der Waals surface area contributed by atoms with E-state index in [1.54, 1.807) is 25.1 Å². The Hall–Kier alpha value is -2.54. The third kappa shape index (κ3) is 6.11. The summed E-state index contributed by atoms with van der Waals surface area (Å²) in [6, 6.07) is 10.9. The number of thiophene rings is 1. The van der Waals surface area contributed by atoms with Crippen molar-refractivity contribution in [2.24, 2.45) is 0 Å². The first-order valence-electron chi connectivity index (χ1n) is 7.92. The van der Waals surface area contributed by atoms with Crippen LogP contribution in [0.5, 0.6) is 11.5 Å². The standard InChI is InChI=1S/C18H22N2O4S/c1-20(11-12-24-15-7-5-14(23-2)6-8-15)17(21)9-10-19-18(22)16-4-3-13-25-16/h3-8,13H,9-12H2,1-2H3,(H,19,22). The molecule has 0 bridgehead atoms. The highest BCUT2D eigenvalue weighted by Gasteiger charge is 2.10. The lowest BCUT2D eigenvalue weighted by Crippen LogP contribution is -2.34. The largest absolute Gasteiger partial charge is 0.497 e. The summed E-state index contributed by atoms with van der Waals surface area (Å²) in [5, 5.41) is 4.59. The van der Waals surface area contributed by atoms with E-state index in [1.165, 1.54) is 11.3 Å². The maximum absolute atomic E-state index is 12.0. The molecule has 1 aromatic heterocycles. The molecule has 7 heteroatoms. The Balaban J connectivity index is 1.63. The summed E-state index contributed by atoms with van der Waals surface area (Å²) < 4.78 is 10.7. The molecule has 1 aromatic carbocycles. The maximum atomic E-state index is 12.0.